The molecule has 0 amide bonds. The van der Waals surface area contributed by atoms with Crippen molar-refractivity contribution in [3.05, 3.63) is 35.2 Å². The fraction of sp³-hybridized carbons (Fsp3) is 0.375. The summed E-state index contributed by atoms with van der Waals surface area (Å²) in [6.45, 7) is 6.70. The number of rotatable bonds is 5. The van der Waals surface area contributed by atoms with Gasteiger partial charge in [0.1, 0.15) is 12.0 Å². The van der Waals surface area contributed by atoms with E-state index >= 15 is 0 Å². The van der Waals surface area contributed by atoms with Crippen molar-refractivity contribution in [1.29, 1.82) is 0 Å². The average molecular weight is 272 g/mol. The van der Waals surface area contributed by atoms with Crippen molar-refractivity contribution in [1.82, 2.24) is 9.78 Å². The normalized spacial score (nSPS) is 10.6. The molecular weight excluding hydrogens is 252 g/mol. The highest BCUT2D eigenvalue weighted by Crippen LogP contribution is 2.30. The van der Waals surface area contributed by atoms with E-state index < -0.39 is 0 Å². The molecule has 0 spiro atoms. The number of aldehydes is 1. The van der Waals surface area contributed by atoms with Crippen LogP contribution >= 0.6 is 0 Å². The van der Waals surface area contributed by atoms with Crippen LogP contribution in [0.1, 0.15) is 35.1 Å². The van der Waals surface area contributed by atoms with Crippen molar-refractivity contribution in [2.24, 2.45) is 7.05 Å². The molecule has 4 heteroatoms. The summed E-state index contributed by atoms with van der Waals surface area (Å²) in [5.41, 5.74) is 4.69. The Labute approximate surface area is 119 Å². The molecule has 0 aliphatic rings. The van der Waals surface area contributed by atoms with Crippen molar-refractivity contribution < 1.29 is 9.53 Å². The van der Waals surface area contributed by atoms with E-state index in [2.05, 4.69) is 12.0 Å². The average Bonchev–Trinajstić information content (AvgIpc) is 2.69. The Kier molecular flexibility index (Phi) is 4.23. The van der Waals surface area contributed by atoms with Crippen molar-refractivity contribution in [2.45, 2.75) is 27.2 Å². The second-order valence-electron chi connectivity index (χ2n) is 4.93. The number of ether oxygens (including phenoxy) is 1. The molecule has 0 aliphatic carbocycles. The fourth-order valence-electron chi connectivity index (χ4n) is 2.33. The SMILES string of the molecule is CCCOc1cc(C=O)cc(-c2c(C)nn(C)c2C)c1. The summed E-state index contributed by atoms with van der Waals surface area (Å²) in [6, 6.07) is 5.62. The predicted octanol–water partition coefficient (Wildman–Crippen LogP) is 3.31. The van der Waals surface area contributed by atoms with Crippen molar-refractivity contribution in [3.63, 3.8) is 0 Å². The third-order valence-electron chi connectivity index (χ3n) is 3.34. The van der Waals surface area contributed by atoms with Crippen molar-refractivity contribution in [3.8, 4) is 16.9 Å². The molecule has 0 unspecified atom stereocenters. The quantitative estimate of drug-likeness (QED) is 0.784. The summed E-state index contributed by atoms with van der Waals surface area (Å²) in [6.07, 6.45) is 1.79. The van der Waals surface area contributed by atoms with Gasteiger partial charge < -0.3 is 4.74 Å². The zero-order valence-electron chi connectivity index (χ0n) is 12.4. The highest BCUT2D eigenvalue weighted by atomic mass is 16.5. The second kappa shape index (κ2) is 5.90. The maximum Gasteiger partial charge on any atom is 0.150 e. The lowest BCUT2D eigenvalue weighted by atomic mass is 10.0. The van der Waals surface area contributed by atoms with Gasteiger partial charge in [-0.2, -0.15) is 5.10 Å². The van der Waals surface area contributed by atoms with Crippen LogP contribution in [0, 0.1) is 13.8 Å². The van der Waals surface area contributed by atoms with Crippen LogP contribution in [0.3, 0.4) is 0 Å². The lowest BCUT2D eigenvalue weighted by Crippen LogP contribution is -1.97. The van der Waals surface area contributed by atoms with Gasteiger partial charge in [-0.25, -0.2) is 0 Å². The summed E-state index contributed by atoms with van der Waals surface area (Å²) in [5, 5.41) is 4.42. The van der Waals surface area contributed by atoms with Crippen LogP contribution in [0.5, 0.6) is 5.75 Å². The van der Waals surface area contributed by atoms with Crippen LogP contribution in [0.15, 0.2) is 18.2 Å². The molecule has 0 bridgehead atoms. The highest BCUT2D eigenvalue weighted by molar-refractivity contribution is 5.81. The Morgan fingerprint density at radius 1 is 1.30 bits per heavy atom. The molecule has 0 fully saturated rings. The van der Waals surface area contributed by atoms with E-state index in [0.29, 0.717) is 12.2 Å². The highest BCUT2D eigenvalue weighted by Gasteiger charge is 2.13. The zero-order valence-corrected chi connectivity index (χ0v) is 12.4. The standard InChI is InChI=1S/C16H20N2O2/c1-5-6-20-15-8-13(10-19)7-14(9-15)16-11(2)17-18(4)12(16)3/h7-10H,5-6H2,1-4H3. The second-order valence-corrected chi connectivity index (χ2v) is 4.93. The maximum atomic E-state index is 11.1. The topological polar surface area (TPSA) is 44.1 Å². The van der Waals surface area contributed by atoms with Crippen molar-refractivity contribution >= 4 is 6.29 Å². The lowest BCUT2D eigenvalue weighted by molar-refractivity contribution is 0.112. The summed E-state index contributed by atoms with van der Waals surface area (Å²) in [5.74, 6) is 0.731. The molecule has 2 aromatic rings. The van der Waals surface area contributed by atoms with Gasteiger partial charge in [-0.3, -0.25) is 9.48 Å². The Morgan fingerprint density at radius 2 is 2.05 bits per heavy atom. The minimum atomic E-state index is 0.622. The molecule has 1 aromatic heterocycles. The summed E-state index contributed by atoms with van der Waals surface area (Å²) in [7, 11) is 1.92. The number of nitrogens with zero attached hydrogens (tertiary/aromatic N) is 2. The number of benzene rings is 1. The number of aromatic nitrogens is 2. The summed E-state index contributed by atoms with van der Waals surface area (Å²) in [4.78, 5) is 11.1. The first kappa shape index (κ1) is 14.3. The Morgan fingerprint density at radius 3 is 2.60 bits per heavy atom. The van der Waals surface area contributed by atoms with Gasteiger partial charge in [-0.05, 0) is 44.0 Å². The third kappa shape index (κ3) is 2.74. The molecular formula is C16H20N2O2. The minimum Gasteiger partial charge on any atom is -0.494 e. The third-order valence-corrected chi connectivity index (χ3v) is 3.34. The first-order valence-corrected chi connectivity index (χ1v) is 6.80. The van der Waals surface area contributed by atoms with Crippen LogP contribution in [-0.2, 0) is 7.05 Å². The summed E-state index contributed by atoms with van der Waals surface area (Å²) >= 11 is 0. The number of carbonyl (C=O) groups excluding carboxylic acids is 1. The monoisotopic (exact) mass is 272 g/mol. The number of hydrogen-bond donors (Lipinski definition) is 0. The van der Waals surface area contributed by atoms with Gasteiger partial charge in [0.2, 0.25) is 0 Å². The Bertz CT molecular complexity index is 630. The number of carbonyl (C=O) groups is 1. The van der Waals surface area contributed by atoms with Gasteiger partial charge in [-0.1, -0.05) is 6.92 Å². The Hall–Kier alpha value is -2.10. The van der Waals surface area contributed by atoms with Gasteiger partial charge in [0.25, 0.3) is 0 Å². The van der Waals surface area contributed by atoms with Gasteiger partial charge in [0.15, 0.2) is 0 Å². The largest absolute Gasteiger partial charge is 0.494 e. The van der Waals surface area contributed by atoms with E-state index in [1.807, 2.05) is 37.7 Å². The van der Waals surface area contributed by atoms with E-state index in [9.17, 15) is 4.79 Å². The Balaban J connectivity index is 2.52. The van der Waals surface area contributed by atoms with Crippen LogP contribution < -0.4 is 4.74 Å². The molecule has 1 heterocycles. The fourth-order valence-corrected chi connectivity index (χ4v) is 2.33. The van der Waals surface area contributed by atoms with Gasteiger partial charge in [0.05, 0.1) is 12.3 Å². The van der Waals surface area contributed by atoms with E-state index in [4.69, 9.17) is 4.74 Å². The number of aryl methyl sites for hydroxylation is 2. The van der Waals surface area contributed by atoms with E-state index in [-0.39, 0.29) is 0 Å². The molecule has 20 heavy (non-hydrogen) atoms. The van der Waals surface area contributed by atoms with Gasteiger partial charge >= 0.3 is 0 Å². The molecule has 0 N–H and O–H groups in total. The molecule has 2 rings (SSSR count). The number of hydrogen-bond acceptors (Lipinski definition) is 3. The van der Waals surface area contributed by atoms with Crippen LogP contribution in [0.25, 0.3) is 11.1 Å². The summed E-state index contributed by atoms with van der Waals surface area (Å²) < 4.78 is 7.51. The smallest absolute Gasteiger partial charge is 0.150 e. The molecule has 1 aromatic carbocycles. The van der Waals surface area contributed by atoms with Crippen LogP contribution in [0.4, 0.5) is 0 Å². The van der Waals surface area contributed by atoms with E-state index in [1.54, 1.807) is 6.07 Å². The molecule has 106 valence electrons. The molecule has 0 atom stereocenters. The lowest BCUT2D eigenvalue weighted by Gasteiger charge is -2.09. The molecule has 0 aliphatic heterocycles. The molecule has 0 saturated carbocycles. The first-order chi connectivity index (χ1) is 9.56. The van der Waals surface area contributed by atoms with Crippen molar-refractivity contribution in [2.75, 3.05) is 6.61 Å². The van der Waals surface area contributed by atoms with Gasteiger partial charge in [-0.15, -0.1) is 0 Å². The predicted molar refractivity (Wildman–Crippen MR) is 79.3 cm³/mol. The van der Waals surface area contributed by atoms with Gasteiger partial charge in [0, 0.05) is 23.9 Å². The van der Waals surface area contributed by atoms with Crippen LogP contribution in [0.2, 0.25) is 0 Å². The van der Waals surface area contributed by atoms with E-state index in [0.717, 1.165) is 41.0 Å². The zero-order chi connectivity index (χ0) is 14.7. The van der Waals surface area contributed by atoms with Crippen LogP contribution in [-0.4, -0.2) is 22.7 Å². The molecule has 0 saturated heterocycles. The van der Waals surface area contributed by atoms with E-state index in [1.165, 1.54) is 0 Å². The minimum absolute atomic E-state index is 0.622. The molecule has 4 nitrogen and oxygen atoms in total. The molecule has 0 radical (unpaired) electrons. The first-order valence-electron chi connectivity index (χ1n) is 6.80. The maximum absolute atomic E-state index is 11.1.